The number of ether oxygens (including phenoxy) is 2. The second-order valence-corrected chi connectivity index (χ2v) is 14.4. The summed E-state index contributed by atoms with van der Waals surface area (Å²) in [5, 5.41) is 6.94. The van der Waals surface area contributed by atoms with Gasteiger partial charge in [-0.2, -0.15) is 22.7 Å². The van der Waals surface area contributed by atoms with Crippen molar-refractivity contribution in [1.82, 2.24) is 34.0 Å². The van der Waals surface area contributed by atoms with Gasteiger partial charge in [0.2, 0.25) is 11.7 Å². The van der Waals surface area contributed by atoms with E-state index in [1.165, 1.54) is 6.33 Å². The van der Waals surface area contributed by atoms with Crippen molar-refractivity contribution < 1.29 is 32.2 Å². The summed E-state index contributed by atoms with van der Waals surface area (Å²) in [6.07, 6.45) is -0.234. The average Bonchev–Trinajstić information content (AvgIpc) is 3.90. The smallest absolute Gasteiger partial charge is 0.416 e. The van der Waals surface area contributed by atoms with E-state index >= 15 is 0 Å². The van der Waals surface area contributed by atoms with Gasteiger partial charge in [-0.25, -0.2) is 9.97 Å². The number of rotatable bonds is 10. The third-order valence-corrected chi connectivity index (χ3v) is 10.5. The predicted molar refractivity (Wildman–Crippen MR) is 212 cm³/mol. The highest BCUT2D eigenvalue weighted by molar-refractivity contribution is 6.33. The van der Waals surface area contributed by atoms with Crippen molar-refractivity contribution in [2.75, 3.05) is 25.0 Å². The Morgan fingerprint density at radius 1 is 1.03 bits per heavy atom. The average molecular weight is 825 g/mol. The molecule has 6 aromatic rings. The molecule has 17 heteroatoms. The minimum Gasteiger partial charge on any atom is -0.493 e. The van der Waals surface area contributed by atoms with E-state index in [2.05, 4.69) is 20.4 Å². The molecule has 0 saturated carbocycles. The first-order valence-electron chi connectivity index (χ1n) is 18.8. The van der Waals surface area contributed by atoms with Gasteiger partial charge in [0.25, 0.3) is 11.5 Å². The molecule has 0 atom stereocenters. The first-order chi connectivity index (χ1) is 28.4. The number of alkyl halides is 3. The van der Waals surface area contributed by atoms with Crippen LogP contribution in [0.1, 0.15) is 57.5 Å². The lowest BCUT2D eigenvalue weighted by molar-refractivity contribution is -0.137. The molecule has 3 aromatic heterocycles. The van der Waals surface area contributed by atoms with Gasteiger partial charge in [0.15, 0.2) is 17.3 Å². The maximum absolute atomic E-state index is 14.5. The third kappa shape index (κ3) is 7.87. The molecule has 2 amide bonds. The Morgan fingerprint density at radius 3 is 2.58 bits per heavy atom. The van der Waals surface area contributed by atoms with Crippen LogP contribution in [0, 0.1) is 6.92 Å². The first-order valence-corrected chi connectivity index (χ1v) is 19.2. The molecule has 5 heterocycles. The Kier molecular flexibility index (Phi) is 10.7. The standard InChI is InChI=1S/C42H36ClF3N8O5/c1-3-32-35(26-13-16-52(17-14-26)40(57)36-37(24(2)47-23-48-36)59-22-25-7-5-4-6-8-25)39(56)54-41(50-38(51-54)28-9-12-33-27(19-28)15-18-58-33)53(32)21-34(55)49-31-11-10-29(20-30(31)43)42(44,45)46/h4-13,19-20,23H,3,14-18,21-22H2,1-2H3,(H,49,55). The highest BCUT2D eigenvalue weighted by Crippen LogP contribution is 2.35. The number of carbonyl (C=O) groups is 2. The highest BCUT2D eigenvalue weighted by atomic mass is 35.5. The molecule has 302 valence electrons. The fraction of sp³-hybridized carbons (Fsp3) is 0.262. The molecule has 8 rings (SSSR count). The molecule has 59 heavy (non-hydrogen) atoms. The minimum absolute atomic E-state index is 0.0187. The Balaban J connectivity index is 1.14. The van der Waals surface area contributed by atoms with Crippen molar-refractivity contribution in [2.45, 2.75) is 52.4 Å². The summed E-state index contributed by atoms with van der Waals surface area (Å²) < 4.78 is 54.4. The zero-order valence-corrected chi connectivity index (χ0v) is 32.6. The fourth-order valence-corrected chi connectivity index (χ4v) is 7.51. The summed E-state index contributed by atoms with van der Waals surface area (Å²) in [4.78, 5) is 57.0. The molecule has 2 aliphatic rings. The normalized spacial score (nSPS) is 13.9. The molecule has 13 nitrogen and oxygen atoms in total. The second kappa shape index (κ2) is 16.0. The van der Waals surface area contributed by atoms with Gasteiger partial charge in [-0.15, -0.1) is 5.10 Å². The lowest BCUT2D eigenvalue weighted by Crippen LogP contribution is -2.37. The van der Waals surface area contributed by atoms with Gasteiger partial charge in [-0.05, 0) is 72.9 Å². The fourth-order valence-electron chi connectivity index (χ4n) is 7.28. The van der Waals surface area contributed by atoms with E-state index < -0.39 is 23.2 Å². The second-order valence-electron chi connectivity index (χ2n) is 14.0. The molecule has 0 spiro atoms. The summed E-state index contributed by atoms with van der Waals surface area (Å²) in [5.74, 6) is 0.385. The van der Waals surface area contributed by atoms with Crippen LogP contribution in [0.2, 0.25) is 5.02 Å². The maximum Gasteiger partial charge on any atom is 0.416 e. The number of hydrogen-bond donors (Lipinski definition) is 1. The van der Waals surface area contributed by atoms with E-state index in [0.29, 0.717) is 41.1 Å². The molecular weight excluding hydrogens is 789 g/mol. The zero-order valence-electron chi connectivity index (χ0n) is 31.8. The van der Waals surface area contributed by atoms with E-state index in [4.69, 9.17) is 26.1 Å². The van der Waals surface area contributed by atoms with Crippen molar-refractivity contribution in [3.63, 3.8) is 0 Å². The molecule has 0 saturated heterocycles. The van der Waals surface area contributed by atoms with Crippen LogP contribution in [-0.4, -0.2) is 65.5 Å². The maximum atomic E-state index is 14.5. The number of halogens is 4. The molecule has 0 aliphatic carbocycles. The Labute approximate surface area is 340 Å². The number of hydrogen-bond acceptors (Lipinski definition) is 9. The summed E-state index contributed by atoms with van der Waals surface area (Å²) in [6.45, 7) is 4.33. The topological polar surface area (TPSA) is 146 Å². The van der Waals surface area contributed by atoms with Crippen LogP contribution >= 0.6 is 11.6 Å². The molecule has 0 unspecified atom stereocenters. The van der Waals surface area contributed by atoms with Gasteiger partial charge in [-0.1, -0.05) is 54.9 Å². The van der Waals surface area contributed by atoms with Crippen LogP contribution in [0.25, 0.3) is 22.7 Å². The number of fused-ring (bicyclic) bond motifs is 2. The molecule has 3 aromatic carbocycles. The van der Waals surface area contributed by atoms with Crippen molar-refractivity contribution >= 4 is 40.5 Å². The van der Waals surface area contributed by atoms with E-state index in [0.717, 1.165) is 39.6 Å². The number of anilines is 1. The first kappa shape index (κ1) is 39.3. The van der Waals surface area contributed by atoms with Crippen LogP contribution in [0.15, 0.2) is 83.9 Å². The van der Waals surface area contributed by atoms with E-state index in [-0.39, 0.29) is 78.7 Å². The van der Waals surface area contributed by atoms with Gasteiger partial charge in [-0.3, -0.25) is 14.4 Å². The molecule has 2 aliphatic heterocycles. The van der Waals surface area contributed by atoms with Crippen molar-refractivity contribution in [1.29, 1.82) is 0 Å². The van der Waals surface area contributed by atoms with Gasteiger partial charge in [0.05, 0.1) is 34.1 Å². The summed E-state index contributed by atoms with van der Waals surface area (Å²) in [7, 11) is 0. The zero-order chi connectivity index (χ0) is 41.4. The SMILES string of the molecule is CCc1c(C2=CCN(C(=O)c3ncnc(C)c3OCc3ccccc3)CC2)c(=O)n2nc(-c3ccc4c(c3)CCO4)nc2n1CC(=O)Nc1ccc(C(F)(F)F)cc1Cl. The predicted octanol–water partition coefficient (Wildman–Crippen LogP) is 6.97. The van der Waals surface area contributed by atoms with E-state index in [1.54, 1.807) is 28.5 Å². The van der Waals surface area contributed by atoms with Crippen molar-refractivity contribution in [3.05, 3.63) is 134 Å². The number of benzene rings is 3. The van der Waals surface area contributed by atoms with Gasteiger partial charge in [0.1, 0.15) is 25.2 Å². The molecule has 1 N–H and O–H groups in total. The molecule has 0 radical (unpaired) electrons. The van der Waals surface area contributed by atoms with Crippen molar-refractivity contribution in [2.24, 2.45) is 0 Å². The highest BCUT2D eigenvalue weighted by Gasteiger charge is 2.32. The molecule has 0 bridgehead atoms. The summed E-state index contributed by atoms with van der Waals surface area (Å²) in [6, 6.07) is 17.7. The van der Waals surface area contributed by atoms with Crippen LogP contribution < -0.4 is 20.3 Å². The molecule has 0 fully saturated rings. The van der Waals surface area contributed by atoms with Gasteiger partial charge in [0, 0.05) is 30.8 Å². The third-order valence-electron chi connectivity index (χ3n) is 10.2. The van der Waals surface area contributed by atoms with Crippen LogP contribution in [0.4, 0.5) is 18.9 Å². The van der Waals surface area contributed by atoms with Crippen LogP contribution in [0.5, 0.6) is 11.5 Å². The van der Waals surface area contributed by atoms with Crippen LogP contribution in [0.3, 0.4) is 0 Å². The quantitative estimate of drug-likeness (QED) is 0.155. The number of nitrogens with zero attached hydrogens (tertiary/aromatic N) is 7. The Hall–Kier alpha value is -6.55. The number of nitrogens with one attached hydrogen (secondary N) is 1. The number of aryl methyl sites for hydroxylation is 1. The lowest BCUT2D eigenvalue weighted by Gasteiger charge is -2.28. The van der Waals surface area contributed by atoms with Gasteiger partial charge < -0.3 is 24.3 Å². The summed E-state index contributed by atoms with van der Waals surface area (Å²) in [5.41, 5.74) is 3.14. The number of aromatic nitrogens is 6. The van der Waals surface area contributed by atoms with E-state index in [1.807, 2.05) is 49.4 Å². The summed E-state index contributed by atoms with van der Waals surface area (Å²) >= 11 is 6.18. The van der Waals surface area contributed by atoms with Crippen molar-refractivity contribution in [3.8, 4) is 22.9 Å². The van der Waals surface area contributed by atoms with Gasteiger partial charge >= 0.3 is 6.18 Å². The lowest BCUT2D eigenvalue weighted by atomic mass is 9.97. The number of carbonyl (C=O) groups excluding carboxylic acids is 2. The Morgan fingerprint density at radius 2 is 1.85 bits per heavy atom. The number of amides is 2. The molecular formula is C42H36ClF3N8O5. The van der Waals surface area contributed by atoms with Crippen LogP contribution in [-0.2, 0) is 37.0 Å². The monoisotopic (exact) mass is 824 g/mol. The largest absolute Gasteiger partial charge is 0.493 e. The van der Waals surface area contributed by atoms with E-state index in [9.17, 15) is 27.6 Å². The minimum atomic E-state index is -4.62. The Bertz CT molecular complexity index is 2720.